The number of nitrogens with two attached hydrogens (primary N) is 1. The fraction of sp³-hybridized carbons (Fsp3) is 0.136. The van der Waals surface area contributed by atoms with Gasteiger partial charge in [-0.05, 0) is 73.2 Å². The molecular weight excluding hydrogens is 461 g/mol. The molecule has 3 aromatic carbocycles. The number of hydrogen-bond donors (Lipinski definition) is 1. The lowest BCUT2D eigenvalue weighted by molar-refractivity contribution is -0.137. The van der Waals surface area contributed by atoms with Crippen molar-refractivity contribution in [3.05, 3.63) is 94.0 Å². The third-order valence-corrected chi connectivity index (χ3v) is 4.74. The summed E-state index contributed by atoms with van der Waals surface area (Å²) in [5, 5.41) is 3.97. The first-order valence-corrected chi connectivity index (χ1v) is 9.72. The van der Waals surface area contributed by atoms with Crippen LogP contribution in [0.3, 0.4) is 0 Å². The van der Waals surface area contributed by atoms with Gasteiger partial charge in [0.15, 0.2) is 5.84 Å². The quantitative estimate of drug-likeness (QED) is 0.245. The SMILES string of the molecule is CC(O/N=C(\N)c1ccc(Oc2ccc(C(F)(F)F)cc2)cc1)c1ccc(Br)cc1. The summed E-state index contributed by atoms with van der Waals surface area (Å²) < 4.78 is 44.4. The molecule has 2 N–H and O–H groups in total. The normalized spacial score (nSPS) is 13.0. The van der Waals surface area contributed by atoms with Gasteiger partial charge in [-0.25, -0.2) is 0 Å². The van der Waals surface area contributed by atoms with E-state index in [-0.39, 0.29) is 11.9 Å². The standard InChI is InChI=1S/C22H18BrF3N2O2/c1-14(15-2-8-18(23)9-3-15)30-28-21(27)16-4-10-19(11-5-16)29-20-12-6-17(7-13-20)22(24,25)26/h2-14H,1H3,(H2,27,28). The van der Waals surface area contributed by atoms with Crippen LogP contribution in [0.15, 0.2) is 82.4 Å². The Balaban J connectivity index is 1.61. The first kappa shape index (κ1) is 21.7. The molecule has 0 fully saturated rings. The summed E-state index contributed by atoms with van der Waals surface area (Å²) in [5.74, 6) is 0.944. The molecule has 1 atom stereocenters. The predicted octanol–water partition coefficient (Wildman–Crippen LogP) is 6.66. The highest BCUT2D eigenvalue weighted by molar-refractivity contribution is 9.10. The molecule has 156 valence electrons. The Morgan fingerprint density at radius 2 is 1.43 bits per heavy atom. The molecule has 0 saturated heterocycles. The van der Waals surface area contributed by atoms with Crippen molar-refractivity contribution < 1.29 is 22.7 Å². The summed E-state index contributed by atoms with van der Waals surface area (Å²) in [6.07, 6.45) is -4.66. The molecule has 8 heteroatoms. The average Bonchev–Trinajstić information content (AvgIpc) is 2.72. The van der Waals surface area contributed by atoms with Crippen molar-refractivity contribution in [2.24, 2.45) is 10.9 Å². The zero-order valence-electron chi connectivity index (χ0n) is 15.9. The van der Waals surface area contributed by atoms with Gasteiger partial charge in [0, 0.05) is 10.0 Å². The fourth-order valence-corrected chi connectivity index (χ4v) is 2.79. The Bertz CT molecular complexity index is 1000. The molecule has 0 heterocycles. The minimum atomic E-state index is -4.38. The second-order valence-corrected chi connectivity index (χ2v) is 7.34. The van der Waals surface area contributed by atoms with E-state index in [2.05, 4.69) is 21.1 Å². The van der Waals surface area contributed by atoms with Crippen LogP contribution in [0, 0.1) is 0 Å². The van der Waals surface area contributed by atoms with Crippen LogP contribution in [0.25, 0.3) is 0 Å². The molecule has 0 saturated carbocycles. The Kier molecular flexibility index (Phi) is 6.66. The molecule has 4 nitrogen and oxygen atoms in total. The van der Waals surface area contributed by atoms with Crippen molar-refractivity contribution in [2.45, 2.75) is 19.2 Å². The van der Waals surface area contributed by atoms with Crippen LogP contribution in [-0.4, -0.2) is 5.84 Å². The van der Waals surface area contributed by atoms with Crippen molar-refractivity contribution in [3.63, 3.8) is 0 Å². The Hall–Kier alpha value is -3.00. The van der Waals surface area contributed by atoms with Crippen molar-refractivity contribution >= 4 is 21.8 Å². The van der Waals surface area contributed by atoms with Crippen LogP contribution in [0.2, 0.25) is 0 Å². The van der Waals surface area contributed by atoms with Gasteiger partial charge in [0.2, 0.25) is 0 Å². The largest absolute Gasteiger partial charge is 0.457 e. The van der Waals surface area contributed by atoms with Crippen LogP contribution in [0.4, 0.5) is 13.2 Å². The second-order valence-electron chi connectivity index (χ2n) is 6.42. The summed E-state index contributed by atoms with van der Waals surface area (Å²) >= 11 is 3.38. The van der Waals surface area contributed by atoms with Gasteiger partial charge in [-0.1, -0.05) is 33.2 Å². The van der Waals surface area contributed by atoms with Gasteiger partial charge in [0.05, 0.1) is 5.56 Å². The molecular formula is C22H18BrF3N2O2. The van der Waals surface area contributed by atoms with Crippen LogP contribution in [-0.2, 0) is 11.0 Å². The zero-order chi connectivity index (χ0) is 21.7. The molecule has 3 aromatic rings. The van der Waals surface area contributed by atoms with E-state index in [0.29, 0.717) is 17.1 Å². The van der Waals surface area contributed by atoms with Gasteiger partial charge in [-0.3, -0.25) is 0 Å². The number of amidine groups is 1. The monoisotopic (exact) mass is 478 g/mol. The van der Waals surface area contributed by atoms with E-state index in [4.69, 9.17) is 15.3 Å². The van der Waals surface area contributed by atoms with Crippen molar-refractivity contribution in [2.75, 3.05) is 0 Å². The van der Waals surface area contributed by atoms with Crippen molar-refractivity contribution in [1.29, 1.82) is 0 Å². The van der Waals surface area contributed by atoms with E-state index in [9.17, 15) is 13.2 Å². The lowest BCUT2D eigenvalue weighted by atomic mass is 10.1. The Morgan fingerprint density at radius 1 is 0.900 bits per heavy atom. The summed E-state index contributed by atoms with van der Waals surface area (Å²) in [7, 11) is 0. The molecule has 0 aliphatic carbocycles. The molecule has 0 radical (unpaired) electrons. The topological polar surface area (TPSA) is 56.8 Å². The van der Waals surface area contributed by atoms with Crippen molar-refractivity contribution in [1.82, 2.24) is 0 Å². The molecule has 30 heavy (non-hydrogen) atoms. The summed E-state index contributed by atoms with van der Waals surface area (Å²) in [5.41, 5.74) is 6.82. The number of ether oxygens (including phenoxy) is 1. The highest BCUT2D eigenvalue weighted by Gasteiger charge is 2.30. The van der Waals surface area contributed by atoms with E-state index in [1.165, 1.54) is 12.1 Å². The third-order valence-electron chi connectivity index (χ3n) is 4.22. The van der Waals surface area contributed by atoms with Crippen molar-refractivity contribution in [3.8, 4) is 11.5 Å². The maximum atomic E-state index is 12.6. The van der Waals surface area contributed by atoms with Crippen LogP contribution >= 0.6 is 15.9 Å². The number of hydrogen-bond acceptors (Lipinski definition) is 3. The number of alkyl halides is 3. The lowest BCUT2D eigenvalue weighted by Gasteiger charge is -2.11. The van der Waals surface area contributed by atoms with E-state index < -0.39 is 11.7 Å². The number of oxime groups is 1. The van der Waals surface area contributed by atoms with E-state index in [0.717, 1.165) is 22.2 Å². The molecule has 0 spiro atoms. The lowest BCUT2D eigenvalue weighted by Crippen LogP contribution is -2.14. The summed E-state index contributed by atoms with van der Waals surface area (Å²) in [4.78, 5) is 5.47. The van der Waals surface area contributed by atoms with E-state index >= 15 is 0 Å². The average molecular weight is 479 g/mol. The van der Waals surface area contributed by atoms with Gasteiger partial charge >= 0.3 is 6.18 Å². The number of benzene rings is 3. The van der Waals surface area contributed by atoms with E-state index in [1.54, 1.807) is 24.3 Å². The third kappa shape index (κ3) is 5.76. The predicted molar refractivity (Wildman–Crippen MR) is 112 cm³/mol. The zero-order valence-corrected chi connectivity index (χ0v) is 17.4. The Labute approximate surface area is 180 Å². The first-order chi connectivity index (χ1) is 14.2. The molecule has 3 rings (SSSR count). The maximum Gasteiger partial charge on any atom is 0.416 e. The van der Waals surface area contributed by atoms with Gasteiger partial charge in [0.1, 0.15) is 17.6 Å². The van der Waals surface area contributed by atoms with Gasteiger partial charge < -0.3 is 15.3 Å². The van der Waals surface area contributed by atoms with E-state index in [1.807, 2.05) is 31.2 Å². The molecule has 0 aromatic heterocycles. The molecule has 0 bridgehead atoms. The highest BCUT2D eigenvalue weighted by Crippen LogP contribution is 2.31. The molecule has 1 unspecified atom stereocenters. The van der Waals surface area contributed by atoms with Gasteiger partial charge in [-0.2, -0.15) is 13.2 Å². The second kappa shape index (κ2) is 9.21. The Morgan fingerprint density at radius 3 is 1.97 bits per heavy atom. The minimum absolute atomic E-state index is 0.194. The van der Waals surface area contributed by atoms with Gasteiger partial charge in [0.25, 0.3) is 0 Å². The molecule has 0 aliphatic heterocycles. The summed E-state index contributed by atoms with van der Waals surface area (Å²) in [6, 6.07) is 18.8. The smallest absolute Gasteiger partial charge is 0.416 e. The minimum Gasteiger partial charge on any atom is -0.457 e. The molecule has 0 amide bonds. The fourth-order valence-electron chi connectivity index (χ4n) is 2.52. The molecule has 0 aliphatic rings. The number of rotatable bonds is 6. The first-order valence-electron chi connectivity index (χ1n) is 8.92. The van der Waals surface area contributed by atoms with Crippen LogP contribution in [0.5, 0.6) is 11.5 Å². The highest BCUT2D eigenvalue weighted by atomic mass is 79.9. The van der Waals surface area contributed by atoms with Crippen LogP contribution in [0.1, 0.15) is 29.7 Å². The maximum absolute atomic E-state index is 12.6. The number of nitrogens with zero attached hydrogens (tertiary/aromatic N) is 1. The summed E-state index contributed by atoms with van der Waals surface area (Å²) in [6.45, 7) is 1.86. The van der Waals surface area contributed by atoms with Gasteiger partial charge in [-0.15, -0.1) is 0 Å². The number of halogens is 4. The van der Waals surface area contributed by atoms with Crippen LogP contribution < -0.4 is 10.5 Å².